The normalized spacial score (nSPS) is 16.4. The van der Waals surface area contributed by atoms with Crippen LogP contribution in [0.2, 0.25) is 0 Å². The van der Waals surface area contributed by atoms with Crippen molar-refractivity contribution in [3.8, 4) is 11.8 Å². The molecule has 1 fully saturated rings. The lowest BCUT2D eigenvalue weighted by Gasteiger charge is -2.37. The second-order valence-corrected chi connectivity index (χ2v) is 11.9. The molecule has 5 heteroatoms. The fourth-order valence-corrected chi connectivity index (χ4v) is 7.26. The Kier molecular flexibility index (Phi) is 9.79. The number of thioether (sulfide) groups is 1. The molecule has 212 valence electrons. The fourth-order valence-electron chi connectivity index (χ4n) is 5.43. The van der Waals surface area contributed by atoms with Gasteiger partial charge in [0.2, 0.25) is 5.78 Å². The van der Waals surface area contributed by atoms with Gasteiger partial charge in [-0.3, -0.25) is 9.69 Å². The quantitative estimate of drug-likeness (QED) is 0.117. The van der Waals surface area contributed by atoms with Crippen LogP contribution in [0.25, 0.3) is 0 Å². The van der Waals surface area contributed by atoms with E-state index in [2.05, 4.69) is 91.6 Å². The topological polar surface area (TPSA) is 46.6 Å². The molecule has 0 spiro atoms. The number of ketones is 1. The molecule has 0 radical (unpaired) electrons. The largest absolute Gasteiger partial charge is 0.449 e. The average molecular weight is 574 g/mol. The summed E-state index contributed by atoms with van der Waals surface area (Å²) < 4.78 is 5.06. The van der Waals surface area contributed by atoms with Crippen molar-refractivity contribution < 1.29 is 14.3 Å². The van der Waals surface area contributed by atoms with Gasteiger partial charge in [0.25, 0.3) is 0 Å². The Hall–Kier alpha value is -4.27. The number of ether oxygens (including phenoxy) is 1. The van der Waals surface area contributed by atoms with Gasteiger partial charge >= 0.3 is 6.09 Å². The summed E-state index contributed by atoms with van der Waals surface area (Å²) in [6, 6.07) is 40.2. The summed E-state index contributed by atoms with van der Waals surface area (Å²) >= 11 is 1.79. The van der Waals surface area contributed by atoms with Crippen LogP contribution >= 0.6 is 11.8 Å². The summed E-state index contributed by atoms with van der Waals surface area (Å²) in [5.41, 5.74) is 4.19. The van der Waals surface area contributed by atoms with Gasteiger partial charge in [-0.1, -0.05) is 128 Å². The molecule has 0 bridgehead atoms. The van der Waals surface area contributed by atoms with Crippen LogP contribution < -0.4 is 0 Å². The minimum absolute atomic E-state index is 0.0446. The predicted octanol–water partition coefficient (Wildman–Crippen LogP) is 7.71. The number of unbranched alkanes of at least 4 members (excludes halogenated alkanes) is 1. The second-order valence-electron chi connectivity index (χ2n) is 10.4. The monoisotopic (exact) mass is 573 g/mol. The highest BCUT2D eigenvalue weighted by Gasteiger charge is 2.46. The van der Waals surface area contributed by atoms with Crippen molar-refractivity contribution in [3.63, 3.8) is 0 Å². The number of benzene rings is 4. The molecule has 0 unspecified atom stereocenters. The van der Waals surface area contributed by atoms with E-state index in [4.69, 9.17) is 4.74 Å². The molecular formula is C37H35NO3S. The van der Waals surface area contributed by atoms with Crippen LogP contribution in [0.3, 0.4) is 0 Å². The molecular weight excluding hydrogens is 538 g/mol. The zero-order chi connectivity index (χ0) is 29.2. The van der Waals surface area contributed by atoms with Crippen molar-refractivity contribution in [2.24, 2.45) is 0 Å². The van der Waals surface area contributed by atoms with Gasteiger partial charge in [0.05, 0.1) is 11.4 Å². The van der Waals surface area contributed by atoms with Gasteiger partial charge in [0.15, 0.2) is 0 Å². The van der Waals surface area contributed by atoms with Crippen molar-refractivity contribution >= 4 is 23.6 Å². The smallest absolute Gasteiger partial charge is 0.410 e. The highest BCUT2D eigenvalue weighted by atomic mass is 32.2. The summed E-state index contributed by atoms with van der Waals surface area (Å²) in [7, 11) is 0. The zero-order valence-corrected chi connectivity index (χ0v) is 24.6. The van der Waals surface area contributed by atoms with E-state index in [1.807, 2.05) is 48.5 Å². The average Bonchev–Trinajstić information content (AvgIpc) is 3.48. The van der Waals surface area contributed by atoms with Crippen LogP contribution in [0.15, 0.2) is 121 Å². The first kappa shape index (κ1) is 29.2. The number of Topliss-reactive ketones (excluding diaryl/α,β-unsaturated/α-hetero) is 1. The summed E-state index contributed by atoms with van der Waals surface area (Å²) in [6.45, 7) is 2.79. The van der Waals surface area contributed by atoms with Gasteiger partial charge < -0.3 is 4.74 Å². The van der Waals surface area contributed by atoms with E-state index in [1.165, 1.54) is 0 Å². The third-order valence-corrected chi connectivity index (χ3v) is 9.25. The van der Waals surface area contributed by atoms with Gasteiger partial charge in [0, 0.05) is 17.4 Å². The van der Waals surface area contributed by atoms with Gasteiger partial charge in [-0.05, 0) is 47.6 Å². The Labute approximate surface area is 253 Å². The molecule has 42 heavy (non-hydrogen) atoms. The van der Waals surface area contributed by atoms with Gasteiger partial charge in [-0.15, -0.1) is 11.8 Å². The molecule has 1 amide bonds. The minimum Gasteiger partial charge on any atom is -0.449 e. The lowest BCUT2D eigenvalue weighted by Crippen LogP contribution is -2.40. The van der Waals surface area contributed by atoms with Crippen LogP contribution in [0.5, 0.6) is 0 Å². The molecule has 0 aromatic heterocycles. The van der Waals surface area contributed by atoms with Crippen LogP contribution in [-0.2, 0) is 14.3 Å². The number of rotatable bonds is 9. The van der Waals surface area contributed by atoms with Crippen molar-refractivity contribution in [1.82, 2.24) is 4.90 Å². The maximum atomic E-state index is 13.6. The molecule has 5 rings (SSSR count). The molecule has 1 saturated heterocycles. The first-order chi connectivity index (χ1) is 20.6. The predicted molar refractivity (Wildman–Crippen MR) is 170 cm³/mol. The van der Waals surface area contributed by atoms with Gasteiger partial charge in [-0.25, -0.2) is 4.79 Å². The van der Waals surface area contributed by atoms with Gasteiger partial charge in [0.1, 0.15) is 6.04 Å². The number of carbonyl (C=O) groups excluding carboxylic acids is 2. The Balaban J connectivity index is 1.52. The number of nitrogens with zero attached hydrogens (tertiary/aromatic N) is 1. The molecule has 1 aliphatic rings. The lowest BCUT2D eigenvalue weighted by molar-refractivity contribution is -0.117. The molecule has 0 aliphatic carbocycles. The van der Waals surface area contributed by atoms with E-state index in [0.717, 1.165) is 35.1 Å². The molecule has 2 atom stereocenters. The number of amides is 1. The number of hydrogen-bond donors (Lipinski definition) is 0. The van der Waals surface area contributed by atoms with E-state index < -0.39 is 16.9 Å². The second kappa shape index (κ2) is 14.1. The van der Waals surface area contributed by atoms with Crippen molar-refractivity contribution in [2.45, 2.75) is 42.2 Å². The van der Waals surface area contributed by atoms with E-state index in [9.17, 15) is 9.59 Å². The third-order valence-electron chi connectivity index (χ3n) is 7.51. The number of hydrogen-bond acceptors (Lipinski definition) is 4. The standard InChI is InChI=1S/C37H35NO3S/c1-2-3-26-41-36(40)38-28-33(27-34(38)35(39)25-24-29-16-8-4-9-17-29)42-37(30-18-10-5-11-19-30,31-20-12-6-13-21-31)32-22-14-7-15-23-32/h4-23,33-34H,2-3,26-28H2,1H3/t33-,34+/m1/s1. The molecule has 0 N–H and O–H groups in total. The highest BCUT2D eigenvalue weighted by molar-refractivity contribution is 8.01. The van der Waals surface area contributed by atoms with Crippen LogP contribution in [-0.4, -0.2) is 41.2 Å². The van der Waals surface area contributed by atoms with Crippen molar-refractivity contribution in [1.29, 1.82) is 0 Å². The third kappa shape index (κ3) is 6.61. The van der Waals surface area contributed by atoms with Crippen molar-refractivity contribution in [2.75, 3.05) is 13.2 Å². The van der Waals surface area contributed by atoms with E-state index in [0.29, 0.717) is 19.6 Å². The SMILES string of the molecule is CCCCOC(=O)N1C[C@H](SC(c2ccccc2)(c2ccccc2)c2ccccc2)C[C@H]1C(=O)C#Cc1ccccc1. The highest BCUT2D eigenvalue weighted by Crippen LogP contribution is 2.52. The fraction of sp³-hybridized carbons (Fsp3) is 0.243. The Bertz CT molecular complexity index is 1420. The molecule has 1 aliphatic heterocycles. The first-order valence-corrected chi connectivity index (χ1v) is 15.4. The zero-order valence-electron chi connectivity index (χ0n) is 23.8. The van der Waals surface area contributed by atoms with Crippen LogP contribution in [0.4, 0.5) is 4.79 Å². The number of carbonyl (C=O) groups is 2. The molecule has 1 heterocycles. The summed E-state index contributed by atoms with van der Waals surface area (Å²) in [6.07, 6.45) is 1.74. The molecule has 0 saturated carbocycles. The molecule has 4 aromatic rings. The summed E-state index contributed by atoms with van der Waals surface area (Å²) in [4.78, 5) is 28.5. The van der Waals surface area contributed by atoms with Crippen LogP contribution in [0, 0.1) is 11.8 Å². The Morgan fingerprint density at radius 2 is 1.31 bits per heavy atom. The maximum Gasteiger partial charge on any atom is 0.410 e. The Morgan fingerprint density at radius 3 is 1.81 bits per heavy atom. The first-order valence-electron chi connectivity index (χ1n) is 14.5. The minimum atomic E-state index is -0.673. The maximum absolute atomic E-state index is 13.6. The summed E-state index contributed by atoms with van der Waals surface area (Å²) in [5, 5.41) is -0.0446. The van der Waals surface area contributed by atoms with E-state index >= 15 is 0 Å². The molecule has 4 aromatic carbocycles. The van der Waals surface area contributed by atoms with Crippen LogP contribution in [0.1, 0.15) is 48.4 Å². The number of likely N-dealkylation sites (tertiary alicyclic amines) is 1. The van der Waals surface area contributed by atoms with Gasteiger partial charge in [-0.2, -0.15) is 0 Å². The van der Waals surface area contributed by atoms with E-state index in [1.54, 1.807) is 16.7 Å². The summed E-state index contributed by atoms with van der Waals surface area (Å²) in [5.74, 6) is 5.55. The van der Waals surface area contributed by atoms with Crippen molar-refractivity contribution in [3.05, 3.63) is 144 Å². The molecule has 4 nitrogen and oxygen atoms in total. The lowest BCUT2D eigenvalue weighted by atomic mass is 9.84. The Morgan fingerprint density at radius 1 is 0.810 bits per heavy atom. The van der Waals surface area contributed by atoms with E-state index in [-0.39, 0.29) is 11.0 Å².